The minimum atomic E-state index is 0.0624. The van der Waals surface area contributed by atoms with Crippen molar-refractivity contribution in [2.75, 3.05) is 13.2 Å². The molecule has 2 unspecified atom stereocenters. The van der Waals surface area contributed by atoms with E-state index in [1.165, 1.54) is 31.4 Å². The van der Waals surface area contributed by atoms with Gasteiger partial charge in [0.25, 0.3) is 0 Å². The van der Waals surface area contributed by atoms with Crippen LogP contribution in [0.4, 0.5) is 0 Å². The Morgan fingerprint density at radius 1 is 1.50 bits per heavy atom. The first-order valence-electron chi connectivity index (χ1n) is 7.07. The first-order chi connectivity index (χ1) is 8.71. The second kappa shape index (κ2) is 4.67. The summed E-state index contributed by atoms with van der Waals surface area (Å²) in [6.45, 7) is 3.98. The Bertz CT molecular complexity index is 403. The summed E-state index contributed by atoms with van der Waals surface area (Å²) < 4.78 is 7.79. The van der Waals surface area contributed by atoms with Crippen molar-refractivity contribution in [1.29, 1.82) is 0 Å². The van der Waals surface area contributed by atoms with E-state index >= 15 is 0 Å². The maximum absolute atomic E-state index is 6.43. The van der Waals surface area contributed by atoms with E-state index in [0.717, 1.165) is 19.6 Å². The Labute approximate surface area is 109 Å². The van der Waals surface area contributed by atoms with Gasteiger partial charge in [-0.15, -0.1) is 0 Å². The molecule has 4 heteroatoms. The second-order valence-corrected chi connectivity index (χ2v) is 6.04. The van der Waals surface area contributed by atoms with Crippen LogP contribution < -0.4 is 5.73 Å². The topological polar surface area (TPSA) is 53.1 Å². The van der Waals surface area contributed by atoms with Crippen LogP contribution in [-0.2, 0) is 10.3 Å². The molecule has 0 spiro atoms. The second-order valence-electron chi connectivity index (χ2n) is 6.04. The maximum atomic E-state index is 6.43. The number of nitrogens with two attached hydrogens (primary N) is 1. The SMILES string of the molecule is CC1(n2cncc2C(N)C2CCOC2)CCCC1. The number of rotatable bonds is 3. The summed E-state index contributed by atoms with van der Waals surface area (Å²) in [7, 11) is 0. The maximum Gasteiger partial charge on any atom is 0.0953 e. The Hall–Kier alpha value is -0.870. The lowest BCUT2D eigenvalue weighted by atomic mass is 9.94. The highest BCUT2D eigenvalue weighted by Gasteiger charge is 2.34. The van der Waals surface area contributed by atoms with E-state index in [4.69, 9.17) is 10.5 Å². The van der Waals surface area contributed by atoms with Gasteiger partial charge in [0.05, 0.1) is 24.7 Å². The van der Waals surface area contributed by atoms with Crippen molar-refractivity contribution in [3.05, 3.63) is 18.2 Å². The largest absolute Gasteiger partial charge is 0.381 e. The fraction of sp³-hybridized carbons (Fsp3) is 0.786. The van der Waals surface area contributed by atoms with Crippen molar-refractivity contribution in [2.24, 2.45) is 11.7 Å². The molecule has 2 fully saturated rings. The highest BCUT2D eigenvalue weighted by Crippen LogP contribution is 2.39. The average molecular weight is 249 g/mol. The summed E-state index contributed by atoms with van der Waals surface area (Å²) >= 11 is 0. The monoisotopic (exact) mass is 249 g/mol. The minimum absolute atomic E-state index is 0.0624. The molecular formula is C14H23N3O. The van der Waals surface area contributed by atoms with Crippen molar-refractivity contribution in [3.63, 3.8) is 0 Å². The van der Waals surface area contributed by atoms with Crippen molar-refractivity contribution in [1.82, 2.24) is 9.55 Å². The van der Waals surface area contributed by atoms with Crippen molar-refractivity contribution < 1.29 is 4.74 Å². The van der Waals surface area contributed by atoms with Crippen molar-refractivity contribution >= 4 is 0 Å². The van der Waals surface area contributed by atoms with Crippen LogP contribution in [0.2, 0.25) is 0 Å². The first kappa shape index (κ1) is 12.2. The zero-order valence-electron chi connectivity index (χ0n) is 11.1. The van der Waals surface area contributed by atoms with E-state index in [9.17, 15) is 0 Å². The lowest BCUT2D eigenvalue weighted by Crippen LogP contribution is -2.32. The summed E-state index contributed by atoms with van der Waals surface area (Å²) in [6.07, 6.45) is 10.1. The van der Waals surface area contributed by atoms with E-state index < -0.39 is 0 Å². The molecule has 18 heavy (non-hydrogen) atoms. The highest BCUT2D eigenvalue weighted by molar-refractivity contribution is 5.11. The van der Waals surface area contributed by atoms with Gasteiger partial charge in [0, 0.05) is 24.3 Å². The van der Waals surface area contributed by atoms with Crippen LogP contribution in [-0.4, -0.2) is 22.8 Å². The Morgan fingerprint density at radius 2 is 2.28 bits per heavy atom. The number of hydrogen-bond donors (Lipinski definition) is 1. The van der Waals surface area contributed by atoms with Crippen LogP contribution >= 0.6 is 0 Å². The summed E-state index contributed by atoms with van der Waals surface area (Å²) in [6, 6.07) is 0.0624. The smallest absolute Gasteiger partial charge is 0.0953 e. The predicted molar refractivity (Wildman–Crippen MR) is 70.2 cm³/mol. The van der Waals surface area contributed by atoms with Gasteiger partial charge >= 0.3 is 0 Å². The molecule has 1 aliphatic carbocycles. The molecule has 1 aromatic heterocycles. The third kappa shape index (κ3) is 1.97. The van der Waals surface area contributed by atoms with Gasteiger partial charge in [0.2, 0.25) is 0 Å². The standard InChI is InChI=1S/C14H23N3O/c1-14(5-2-3-6-14)17-10-16-8-12(17)13(15)11-4-7-18-9-11/h8,10-11,13H,2-7,9,15H2,1H3. The highest BCUT2D eigenvalue weighted by atomic mass is 16.5. The van der Waals surface area contributed by atoms with E-state index in [1.54, 1.807) is 0 Å². The Balaban J connectivity index is 1.86. The van der Waals surface area contributed by atoms with Gasteiger partial charge < -0.3 is 15.0 Å². The molecule has 0 radical (unpaired) electrons. The van der Waals surface area contributed by atoms with Gasteiger partial charge in [-0.3, -0.25) is 0 Å². The molecule has 2 N–H and O–H groups in total. The number of aromatic nitrogens is 2. The van der Waals surface area contributed by atoms with Crippen LogP contribution in [0, 0.1) is 5.92 Å². The number of nitrogens with zero attached hydrogens (tertiary/aromatic N) is 2. The van der Waals surface area contributed by atoms with Crippen LogP contribution in [0.25, 0.3) is 0 Å². The lowest BCUT2D eigenvalue weighted by Gasteiger charge is -2.30. The molecule has 0 bridgehead atoms. The Morgan fingerprint density at radius 3 is 2.94 bits per heavy atom. The molecule has 2 heterocycles. The Kier molecular flexibility index (Phi) is 3.16. The molecule has 1 aliphatic heterocycles. The van der Waals surface area contributed by atoms with Crippen LogP contribution in [0.5, 0.6) is 0 Å². The molecule has 1 saturated heterocycles. The summed E-state index contributed by atoms with van der Waals surface area (Å²) in [5, 5.41) is 0. The summed E-state index contributed by atoms with van der Waals surface area (Å²) in [5.41, 5.74) is 7.85. The normalized spacial score (nSPS) is 28.7. The quantitative estimate of drug-likeness (QED) is 0.893. The van der Waals surface area contributed by atoms with Gasteiger partial charge in [-0.05, 0) is 26.2 Å². The number of ether oxygens (including phenoxy) is 1. The minimum Gasteiger partial charge on any atom is -0.381 e. The van der Waals surface area contributed by atoms with Crippen LogP contribution in [0.15, 0.2) is 12.5 Å². The van der Waals surface area contributed by atoms with E-state index in [2.05, 4.69) is 16.5 Å². The molecule has 3 rings (SSSR count). The van der Waals surface area contributed by atoms with Crippen molar-refractivity contribution in [3.8, 4) is 0 Å². The average Bonchev–Trinajstić information content (AvgIpc) is 3.10. The van der Waals surface area contributed by atoms with Gasteiger partial charge in [-0.25, -0.2) is 4.98 Å². The van der Waals surface area contributed by atoms with Crippen molar-refractivity contribution in [2.45, 2.75) is 50.6 Å². The zero-order chi connectivity index (χ0) is 12.6. The van der Waals surface area contributed by atoms with Gasteiger partial charge in [-0.1, -0.05) is 12.8 Å². The molecule has 0 amide bonds. The predicted octanol–water partition coefficient (Wildman–Crippen LogP) is 2.21. The molecule has 2 aliphatic rings. The lowest BCUT2D eigenvalue weighted by molar-refractivity contribution is 0.179. The molecule has 1 saturated carbocycles. The molecule has 2 atom stereocenters. The van der Waals surface area contributed by atoms with Gasteiger partial charge in [0.15, 0.2) is 0 Å². The van der Waals surface area contributed by atoms with Crippen LogP contribution in [0.1, 0.15) is 50.8 Å². The van der Waals surface area contributed by atoms with E-state index in [0.29, 0.717) is 5.92 Å². The molecular weight excluding hydrogens is 226 g/mol. The summed E-state index contributed by atoms with van der Waals surface area (Å²) in [4.78, 5) is 4.35. The van der Waals surface area contributed by atoms with Crippen LogP contribution in [0.3, 0.4) is 0 Å². The molecule has 100 valence electrons. The molecule has 1 aromatic rings. The fourth-order valence-corrected chi connectivity index (χ4v) is 3.46. The zero-order valence-corrected chi connectivity index (χ0v) is 11.1. The van der Waals surface area contributed by atoms with E-state index in [-0.39, 0.29) is 11.6 Å². The third-order valence-electron chi connectivity index (χ3n) is 4.74. The number of hydrogen-bond acceptors (Lipinski definition) is 3. The molecule has 4 nitrogen and oxygen atoms in total. The fourth-order valence-electron chi connectivity index (χ4n) is 3.46. The molecule has 0 aromatic carbocycles. The first-order valence-corrected chi connectivity index (χ1v) is 7.07. The summed E-state index contributed by atoms with van der Waals surface area (Å²) in [5.74, 6) is 0.449. The number of imidazole rings is 1. The van der Waals surface area contributed by atoms with Gasteiger partial charge in [-0.2, -0.15) is 0 Å². The van der Waals surface area contributed by atoms with Gasteiger partial charge in [0.1, 0.15) is 0 Å². The van der Waals surface area contributed by atoms with E-state index in [1.807, 2.05) is 12.5 Å². The third-order valence-corrected chi connectivity index (χ3v) is 4.74.